The van der Waals surface area contributed by atoms with E-state index in [4.69, 9.17) is 16.6 Å². The van der Waals surface area contributed by atoms with Crippen molar-refractivity contribution in [2.75, 3.05) is 5.73 Å². The molecule has 0 saturated heterocycles. The molecule has 1 aromatic heterocycles. The number of aliphatic carboxylic acids is 1. The van der Waals surface area contributed by atoms with E-state index < -0.39 is 17.4 Å². The highest BCUT2D eigenvalue weighted by Gasteiger charge is 2.14. The molecule has 0 aromatic carbocycles. The minimum absolute atomic E-state index is 0.0309. The topological polar surface area (TPSA) is 122 Å². The number of carbonyl (C=O) groups is 1. The molecule has 1 rings (SSSR count). The first-order valence-corrected chi connectivity index (χ1v) is 3.96. The third kappa shape index (κ3) is 2.11. The first-order chi connectivity index (χ1) is 6.52. The van der Waals surface area contributed by atoms with E-state index in [1.165, 1.54) is 12.4 Å². The summed E-state index contributed by atoms with van der Waals surface area (Å²) in [4.78, 5) is 24.4. The van der Waals surface area contributed by atoms with E-state index in [9.17, 15) is 9.59 Å². The third-order valence-corrected chi connectivity index (χ3v) is 1.80. The van der Waals surface area contributed by atoms with E-state index in [2.05, 4.69) is 4.98 Å². The van der Waals surface area contributed by atoms with Gasteiger partial charge in [0.2, 0.25) is 5.43 Å². The van der Waals surface area contributed by atoms with E-state index in [-0.39, 0.29) is 17.7 Å². The minimum atomic E-state index is -1.06. The average molecular weight is 197 g/mol. The van der Waals surface area contributed by atoms with Crippen molar-refractivity contribution in [2.45, 2.75) is 12.5 Å². The largest absolute Gasteiger partial charge is 0.481 e. The fourth-order valence-electron chi connectivity index (χ4n) is 1.09. The quantitative estimate of drug-likeness (QED) is 0.517. The van der Waals surface area contributed by atoms with Gasteiger partial charge in [-0.05, 0) is 0 Å². The summed E-state index contributed by atoms with van der Waals surface area (Å²) in [5.74, 6) is -1.06. The Morgan fingerprint density at radius 1 is 1.57 bits per heavy atom. The highest BCUT2D eigenvalue weighted by molar-refractivity contribution is 5.67. The lowest BCUT2D eigenvalue weighted by Gasteiger charge is -2.08. The maximum Gasteiger partial charge on any atom is 0.305 e. The number of aromatic nitrogens is 1. The van der Waals surface area contributed by atoms with Crippen molar-refractivity contribution in [3.05, 3.63) is 28.2 Å². The number of aromatic amines is 1. The molecule has 0 amide bonds. The molecule has 6 nitrogen and oxygen atoms in total. The molecule has 14 heavy (non-hydrogen) atoms. The third-order valence-electron chi connectivity index (χ3n) is 1.80. The van der Waals surface area contributed by atoms with Crippen LogP contribution >= 0.6 is 0 Å². The van der Waals surface area contributed by atoms with Crippen LogP contribution in [0.2, 0.25) is 0 Å². The number of carboxylic acids is 1. The number of nitrogens with one attached hydrogen (secondary N) is 1. The van der Waals surface area contributed by atoms with Crippen LogP contribution in [-0.4, -0.2) is 16.1 Å². The highest BCUT2D eigenvalue weighted by atomic mass is 16.4. The van der Waals surface area contributed by atoms with Crippen LogP contribution in [0, 0.1) is 0 Å². The van der Waals surface area contributed by atoms with Crippen molar-refractivity contribution in [1.82, 2.24) is 4.98 Å². The van der Waals surface area contributed by atoms with Crippen LogP contribution in [0.3, 0.4) is 0 Å². The van der Waals surface area contributed by atoms with Crippen LogP contribution in [-0.2, 0) is 4.79 Å². The molecule has 6 N–H and O–H groups in total. The summed E-state index contributed by atoms with van der Waals surface area (Å²) in [5, 5.41) is 8.48. The molecule has 1 heterocycles. The van der Waals surface area contributed by atoms with E-state index >= 15 is 0 Å². The molecule has 0 saturated carbocycles. The van der Waals surface area contributed by atoms with Gasteiger partial charge in [-0.2, -0.15) is 0 Å². The average Bonchev–Trinajstić information content (AvgIpc) is 2.08. The van der Waals surface area contributed by atoms with Gasteiger partial charge in [-0.25, -0.2) is 0 Å². The Morgan fingerprint density at radius 2 is 2.21 bits per heavy atom. The van der Waals surface area contributed by atoms with Gasteiger partial charge < -0.3 is 21.6 Å². The Kier molecular flexibility index (Phi) is 2.88. The number of carboxylic acid groups (broad SMARTS) is 1. The normalized spacial score (nSPS) is 12.4. The Morgan fingerprint density at radius 3 is 2.79 bits per heavy atom. The summed E-state index contributed by atoms with van der Waals surface area (Å²) < 4.78 is 0. The molecule has 6 heteroatoms. The molecule has 76 valence electrons. The number of nitrogens with two attached hydrogens (primary N) is 2. The molecule has 0 aliphatic heterocycles. The van der Waals surface area contributed by atoms with Crippen molar-refractivity contribution in [2.24, 2.45) is 5.73 Å². The van der Waals surface area contributed by atoms with E-state index in [0.717, 1.165) is 0 Å². The standard InChI is InChI=1S/C8H11N3O3/c9-5(1-7(12)13)4-2-11-3-6(10)8(4)14/h2-3,5H,1,9-10H2,(H,11,14)(H,12,13)/t5-/m1/s1. The fraction of sp³-hybridized carbons (Fsp3) is 0.250. The SMILES string of the molecule is Nc1c[nH]cc([C@H](N)CC(=O)O)c1=O. The Bertz CT molecular complexity index is 399. The van der Waals surface area contributed by atoms with Gasteiger partial charge in [-0.3, -0.25) is 9.59 Å². The number of hydrogen-bond donors (Lipinski definition) is 4. The first-order valence-electron chi connectivity index (χ1n) is 3.96. The number of hydrogen-bond acceptors (Lipinski definition) is 4. The number of nitrogen functional groups attached to an aromatic ring is 1. The van der Waals surface area contributed by atoms with Crippen molar-refractivity contribution < 1.29 is 9.90 Å². The smallest absolute Gasteiger partial charge is 0.305 e. The second-order valence-electron chi connectivity index (χ2n) is 2.90. The zero-order valence-corrected chi connectivity index (χ0v) is 7.36. The monoisotopic (exact) mass is 197 g/mol. The van der Waals surface area contributed by atoms with Gasteiger partial charge >= 0.3 is 5.97 Å². The van der Waals surface area contributed by atoms with Crippen LogP contribution in [0.5, 0.6) is 0 Å². The summed E-state index contributed by atoms with van der Waals surface area (Å²) in [6.07, 6.45) is 2.40. The van der Waals surface area contributed by atoms with Gasteiger partial charge in [0.25, 0.3) is 0 Å². The number of pyridine rings is 1. The summed E-state index contributed by atoms with van der Waals surface area (Å²) in [6, 6.07) is -0.834. The van der Waals surface area contributed by atoms with E-state index in [1.54, 1.807) is 0 Å². The van der Waals surface area contributed by atoms with Gasteiger partial charge in [-0.1, -0.05) is 0 Å². The second-order valence-corrected chi connectivity index (χ2v) is 2.90. The first kappa shape index (κ1) is 10.3. The van der Waals surface area contributed by atoms with Crippen molar-refractivity contribution in [3.63, 3.8) is 0 Å². The summed E-state index contributed by atoms with van der Waals surface area (Å²) in [6.45, 7) is 0. The minimum Gasteiger partial charge on any atom is -0.481 e. The maximum atomic E-state index is 11.4. The van der Waals surface area contributed by atoms with Gasteiger partial charge in [0.05, 0.1) is 12.1 Å². The van der Waals surface area contributed by atoms with Crippen molar-refractivity contribution in [1.29, 1.82) is 0 Å². The maximum absolute atomic E-state index is 11.4. The molecule has 1 atom stereocenters. The van der Waals surface area contributed by atoms with Gasteiger partial charge in [0.1, 0.15) is 0 Å². The lowest BCUT2D eigenvalue weighted by Crippen LogP contribution is -2.24. The Balaban J connectivity index is 3.01. The molecule has 0 radical (unpaired) electrons. The van der Waals surface area contributed by atoms with E-state index in [1.807, 2.05) is 0 Å². The van der Waals surface area contributed by atoms with Crippen molar-refractivity contribution >= 4 is 11.7 Å². The molecule has 0 spiro atoms. The van der Waals surface area contributed by atoms with E-state index in [0.29, 0.717) is 0 Å². The Hall–Kier alpha value is -1.82. The molecule has 0 aliphatic carbocycles. The second kappa shape index (κ2) is 3.93. The van der Waals surface area contributed by atoms with Gasteiger partial charge in [0.15, 0.2) is 0 Å². The number of H-pyrrole nitrogens is 1. The van der Waals surface area contributed by atoms with Crippen LogP contribution in [0.25, 0.3) is 0 Å². The van der Waals surface area contributed by atoms with Crippen LogP contribution in [0.4, 0.5) is 5.69 Å². The molecule has 0 unspecified atom stereocenters. The fourth-order valence-corrected chi connectivity index (χ4v) is 1.09. The van der Waals surface area contributed by atoms with Crippen LogP contribution in [0.15, 0.2) is 17.2 Å². The van der Waals surface area contributed by atoms with Crippen LogP contribution in [0.1, 0.15) is 18.0 Å². The summed E-state index contributed by atoms with van der Waals surface area (Å²) >= 11 is 0. The predicted octanol–water partition coefficient (Wildman–Crippen LogP) is -0.568. The lowest BCUT2D eigenvalue weighted by atomic mass is 10.1. The summed E-state index contributed by atoms with van der Waals surface area (Å²) in [5.41, 5.74) is 10.7. The molecular formula is C8H11N3O3. The van der Waals surface area contributed by atoms with Gasteiger partial charge in [0, 0.05) is 24.0 Å². The predicted molar refractivity (Wildman–Crippen MR) is 50.7 cm³/mol. The lowest BCUT2D eigenvalue weighted by molar-refractivity contribution is -0.137. The zero-order chi connectivity index (χ0) is 10.7. The molecule has 0 bridgehead atoms. The Labute approximate surface area is 79.5 Å². The summed E-state index contributed by atoms with van der Waals surface area (Å²) in [7, 11) is 0. The number of rotatable bonds is 3. The van der Waals surface area contributed by atoms with Crippen LogP contribution < -0.4 is 16.9 Å². The molecule has 1 aromatic rings. The van der Waals surface area contributed by atoms with Crippen molar-refractivity contribution in [3.8, 4) is 0 Å². The molecule has 0 fully saturated rings. The van der Waals surface area contributed by atoms with Gasteiger partial charge in [-0.15, -0.1) is 0 Å². The molecule has 0 aliphatic rings. The highest BCUT2D eigenvalue weighted by Crippen LogP contribution is 2.09. The molecular weight excluding hydrogens is 186 g/mol. The zero-order valence-electron chi connectivity index (χ0n) is 7.36. The number of anilines is 1.